The van der Waals surface area contributed by atoms with Crippen molar-refractivity contribution >= 4 is 0 Å². The topological polar surface area (TPSA) is 29.5 Å². The molecule has 3 rings (SSSR count). The summed E-state index contributed by atoms with van der Waals surface area (Å²) in [6, 6.07) is 0. The van der Waals surface area contributed by atoms with E-state index in [9.17, 15) is 26.3 Å². The smallest absolute Gasteiger partial charge is 0.374 e. The Bertz CT molecular complexity index is 356. The SMILES string of the molecule is OC(COC1CC2=CC1C2)(C(F)(F)F)C(F)(F)F. The predicted molar refractivity (Wildman–Crippen MR) is 47.6 cm³/mol. The first-order valence-electron chi connectivity index (χ1n) is 5.21. The maximum atomic E-state index is 12.3. The van der Waals surface area contributed by atoms with Crippen molar-refractivity contribution in [3.05, 3.63) is 11.6 Å². The Morgan fingerprint density at radius 2 is 1.61 bits per heavy atom. The van der Waals surface area contributed by atoms with Crippen molar-refractivity contribution in [3.63, 3.8) is 0 Å². The molecule has 2 atom stereocenters. The molecule has 0 spiro atoms. The summed E-state index contributed by atoms with van der Waals surface area (Å²) in [5, 5.41) is 8.85. The lowest BCUT2D eigenvalue weighted by atomic mass is 9.96. The van der Waals surface area contributed by atoms with Crippen LogP contribution in [0.4, 0.5) is 26.3 Å². The number of halogens is 6. The van der Waals surface area contributed by atoms with Gasteiger partial charge in [-0.25, -0.2) is 0 Å². The van der Waals surface area contributed by atoms with E-state index in [1.54, 1.807) is 6.08 Å². The van der Waals surface area contributed by atoms with Crippen LogP contribution in [0.5, 0.6) is 0 Å². The first-order valence-corrected chi connectivity index (χ1v) is 5.21. The molecule has 1 saturated carbocycles. The highest BCUT2D eigenvalue weighted by molar-refractivity contribution is 5.27. The summed E-state index contributed by atoms with van der Waals surface area (Å²) in [5.74, 6) is -0.120. The third kappa shape index (κ3) is 2.01. The van der Waals surface area contributed by atoms with Gasteiger partial charge in [0.15, 0.2) is 0 Å². The summed E-state index contributed by atoms with van der Waals surface area (Å²) < 4.78 is 78.5. The highest BCUT2D eigenvalue weighted by atomic mass is 19.4. The lowest BCUT2D eigenvalue weighted by Crippen LogP contribution is -2.60. The Labute approximate surface area is 98.2 Å². The lowest BCUT2D eigenvalue weighted by molar-refractivity contribution is -0.380. The Morgan fingerprint density at radius 1 is 1.11 bits per heavy atom. The summed E-state index contributed by atoms with van der Waals surface area (Å²) in [4.78, 5) is 0. The van der Waals surface area contributed by atoms with Gasteiger partial charge in [-0.3, -0.25) is 0 Å². The monoisotopic (exact) mass is 276 g/mol. The van der Waals surface area contributed by atoms with Crippen LogP contribution in [0, 0.1) is 5.92 Å². The van der Waals surface area contributed by atoms with Crippen LogP contribution in [0.15, 0.2) is 11.6 Å². The summed E-state index contributed by atoms with van der Waals surface area (Å²) in [6.45, 7) is -1.82. The van der Waals surface area contributed by atoms with E-state index >= 15 is 0 Å². The van der Waals surface area contributed by atoms with Crippen molar-refractivity contribution in [2.45, 2.75) is 36.9 Å². The fraction of sp³-hybridized carbons (Fsp3) is 0.800. The molecule has 0 heterocycles. The summed E-state index contributed by atoms with van der Waals surface area (Å²) in [5.41, 5.74) is -3.83. The maximum absolute atomic E-state index is 12.3. The number of ether oxygens (including phenoxy) is 1. The van der Waals surface area contributed by atoms with Crippen molar-refractivity contribution in [1.29, 1.82) is 0 Å². The van der Waals surface area contributed by atoms with E-state index in [4.69, 9.17) is 5.11 Å². The minimum Gasteiger partial charge on any atom is -0.374 e. The van der Waals surface area contributed by atoms with Gasteiger partial charge in [-0.05, 0) is 12.8 Å². The Balaban J connectivity index is 2.02. The molecule has 1 fully saturated rings. The van der Waals surface area contributed by atoms with E-state index in [0.29, 0.717) is 12.8 Å². The normalized spacial score (nSPS) is 28.1. The fourth-order valence-electron chi connectivity index (χ4n) is 2.11. The van der Waals surface area contributed by atoms with Gasteiger partial charge in [-0.2, -0.15) is 26.3 Å². The van der Waals surface area contributed by atoms with Crippen molar-refractivity contribution < 1.29 is 36.2 Å². The van der Waals surface area contributed by atoms with Crippen molar-refractivity contribution in [2.75, 3.05) is 6.61 Å². The molecule has 104 valence electrons. The molecule has 0 amide bonds. The minimum absolute atomic E-state index is 0.120. The van der Waals surface area contributed by atoms with Crippen LogP contribution in [0.2, 0.25) is 0 Å². The third-order valence-electron chi connectivity index (χ3n) is 3.33. The molecule has 2 unspecified atom stereocenters. The average Bonchev–Trinajstić information content (AvgIpc) is 2.66. The molecule has 2 bridgehead atoms. The van der Waals surface area contributed by atoms with Gasteiger partial charge in [-0.15, -0.1) is 0 Å². The van der Waals surface area contributed by atoms with Gasteiger partial charge in [0.05, 0.1) is 12.7 Å². The molecular weight excluding hydrogens is 266 g/mol. The second kappa shape index (κ2) is 3.86. The van der Waals surface area contributed by atoms with Crippen LogP contribution in [0.25, 0.3) is 0 Å². The number of rotatable bonds is 3. The van der Waals surface area contributed by atoms with Crippen LogP contribution >= 0.6 is 0 Å². The molecular formula is C10H10F6O2. The van der Waals surface area contributed by atoms with Crippen molar-refractivity contribution in [2.24, 2.45) is 5.92 Å². The molecule has 8 heteroatoms. The van der Waals surface area contributed by atoms with E-state index < -0.39 is 30.7 Å². The summed E-state index contributed by atoms with van der Waals surface area (Å²) >= 11 is 0. The Morgan fingerprint density at radius 3 is 1.94 bits per heavy atom. The van der Waals surface area contributed by atoms with E-state index in [2.05, 4.69) is 4.74 Å². The molecule has 0 aromatic rings. The number of hydrogen-bond donors (Lipinski definition) is 1. The molecule has 0 aromatic carbocycles. The van der Waals surface area contributed by atoms with E-state index in [1.807, 2.05) is 0 Å². The van der Waals surface area contributed by atoms with Gasteiger partial charge >= 0.3 is 12.4 Å². The Hall–Kier alpha value is -0.760. The first kappa shape index (κ1) is 13.7. The average molecular weight is 276 g/mol. The van der Waals surface area contributed by atoms with Gasteiger partial charge in [0.2, 0.25) is 0 Å². The van der Waals surface area contributed by atoms with E-state index in [-0.39, 0.29) is 5.92 Å². The fourth-order valence-corrected chi connectivity index (χ4v) is 2.11. The van der Waals surface area contributed by atoms with Crippen molar-refractivity contribution in [3.8, 4) is 0 Å². The summed E-state index contributed by atoms with van der Waals surface area (Å²) in [6.07, 6.45) is -9.55. The molecule has 0 aliphatic heterocycles. The zero-order valence-corrected chi connectivity index (χ0v) is 8.98. The van der Waals surface area contributed by atoms with Crippen LogP contribution in [0.3, 0.4) is 0 Å². The zero-order chi connectivity index (χ0) is 13.8. The highest BCUT2D eigenvalue weighted by Crippen LogP contribution is 2.47. The van der Waals surface area contributed by atoms with Gasteiger partial charge < -0.3 is 9.84 Å². The lowest BCUT2D eigenvalue weighted by Gasteiger charge is -2.33. The van der Waals surface area contributed by atoms with E-state index in [1.165, 1.54) is 0 Å². The van der Waals surface area contributed by atoms with Crippen LogP contribution < -0.4 is 0 Å². The quantitative estimate of drug-likeness (QED) is 0.634. The molecule has 0 radical (unpaired) electrons. The van der Waals surface area contributed by atoms with Gasteiger partial charge in [-0.1, -0.05) is 11.6 Å². The predicted octanol–water partition coefficient (Wildman–Crippen LogP) is 2.58. The van der Waals surface area contributed by atoms with Gasteiger partial charge in [0, 0.05) is 5.92 Å². The maximum Gasteiger partial charge on any atom is 0.428 e. The molecule has 0 saturated heterocycles. The van der Waals surface area contributed by atoms with Crippen LogP contribution in [-0.4, -0.2) is 35.8 Å². The zero-order valence-electron chi connectivity index (χ0n) is 8.98. The first-order chi connectivity index (χ1) is 8.04. The molecule has 3 aliphatic carbocycles. The third-order valence-corrected chi connectivity index (χ3v) is 3.33. The molecule has 1 N–H and O–H groups in total. The Kier molecular flexibility index (Phi) is 2.93. The number of hydrogen-bond acceptors (Lipinski definition) is 2. The second-order valence-corrected chi connectivity index (χ2v) is 4.60. The van der Waals surface area contributed by atoms with Gasteiger partial charge in [0.25, 0.3) is 5.60 Å². The largest absolute Gasteiger partial charge is 0.428 e. The standard InChI is InChI=1S/C10H10F6O2/c11-9(12,13)8(17,10(14,15)16)4-18-7-3-5-1-6(7)2-5/h1,6-7,17H,2-4H2. The second-order valence-electron chi connectivity index (χ2n) is 4.60. The van der Waals surface area contributed by atoms with Crippen LogP contribution in [-0.2, 0) is 4.74 Å². The molecule has 3 aliphatic rings. The summed E-state index contributed by atoms with van der Waals surface area (Å²) in [7, 11) is 0. The van der Waals surface area contributed by atoms with Crippen molar-refractivity contribution in [1.82, 2.24) is 0 Å². The number of alkyl halides is 6. The molecule has 0 aromatic heterocycles. The molecule has 18 heavy (non-hydrogen) atoms. The van der Waals surface area contributed by atoms with E-state index in [0.717, 1.165) is 5.57 Å². The minimum atomic E-state index is -5.82. The number of aliphatic hydroxyl groups is 1. The number of fused-ring (bicyclic) bond motifs is 1. The molecule has 2 nitrogen and oxygen atoms in total. The highest BCUT2D eigenvalue weighted by Gasteiger charge is 2.71. The van der Waals surface area contributed by atoms with Gasteiger partial charge in [0.1, 0.15) is 0 Å². The van der Waals surface area contributed by atoms with Crippen LogP contribution in [0.1, 0.15) is 12.8 Å².